The third-order valence-electron chi connectivity index (χ3n) is 2.82. The minimum Gasteiger partial charge on any atom is -0.453 e. The van der Waals surface area contributed by atoms with Crippen LogP contribution >= 0.6 is 0 Å². The van der Waals surface area contributed by atoms with Crippen molar-refractivity contribution in [3.63, 3.8) is 0 Å². The number of rotatable bonds is 4. The molecular formula is C11H22N2O2. The van der Waals surface area contributed by atoms with Gasteiger partial charge in [-0.05, 0) is 25.8 Å². The lowest BCUT2D eigenvalue weighted by molar-refractivity contribution is 0.117. The Morgan fingerprint density at radius 1 is 1.60 bits per heavy atom. The van der Waals surface area contributed by atoms with Crippen LogP contribution in [-0.4, -0.2) is 43.3 Å². The number of methoxy groups -OCH3 is 1. The first-order chi connectivity index (χ1) is 7.15. The fourth-order valence-corrected chi connectivity index (χ4v) is 2.03. The second kappa shape index (κ2) is 5.95. The summed E-state index contributed by atoms with van der Waals surface area (Å²) < 4.78 is 4.76. The van der Waals surface area contributed by atoms with Crippen LogP contribution in [0.1, 0.15) is 33.1 Å². The predicted octanol–water partition coefficient (Wildman–Crippen LogP) is 1.61. The largest absolute Gasteiger partial charge is 0.453 e. The minimum absolute atomic E-state index is 0.179. The third kappa shape index (κ3) is 3.70. The second-order valence-electron chi connectivity index (χ2n) is 4.36. The molecule has 88 valence electrons. The smallest absolute Gasteiger partial charge is 0.409 e. The molecule has 1 aliphatic heterocycles. The van der Waals surface area contributed by atoms with Crippen LogP contribution in [0.15, 0.2) is 0 Å². The molecule has 1 rings (SSSR count). The summed E-state index contributed by atoms with van der Waals surface area (Å²) in [5.74, 6) is 0. The fraction of sp³-hybridized carbons (Fsp3) is 0.909. The van der Waals surface area contributed by atoms with E-state index in [1.165, 1.54) is 7.11 Å². The van der Waals surface area contributed by atoms with Crippen LogP contribution in [0.2, 0.25) is 0 Å². The maximum absolute atomic E-state index is 11.4. The van der Waals surface area contributed by atoms with Crippen LogP contribution in [0, 0.1) is 0 Å². The number of carbonyl (C=O) groups is 1. The van der Waals surface area contributed by atoms with Gasteiger partial charge in [-0.3, -0.25) is 0 Å². The Balaban J connectivity index is 2.30. The molecule has 0 bridgehead atoms. The van der Waals surface area contributed by atoms with Gasteiger partial charge in [0.15, 0.2) is 0 Å². The van der Waals surface area contributed by atoms with Gasteiger partial charge in [-0.15, -0.1) is 0 Å². The maximum atomic E-state index is 11.4. The van der Waals surface area contributed by atoms with E-state index in [1.807, 2.05) is 4.90 Å². The molecule has 0 saturated carbocycles. The zero-order valence-electron chi connectivity index (χ0n) is 9.95. The summed E-state index contributed by atoms with van der Waals surface area (Å²) in [6.45, 7) is 6.08. The van der Waals surface area contributed by atoms with Crippen molar-refractivity contribution in [2.75, 3.05) is 20.2 Å². The monoisotopic (exact) mass is 214 g/mol. The van der Waals surface area contributed by atoms with E-state index < -0.39 is 0 Å². The molecule has 0 aromatic rings. The van der Waals surface area contributed by atoms with Gasteiger partial charge in [0.05, 0.1) is 7.11 Å². The Morgan fingerprint density at radius 3 is 2.93 bits per heavy atom. The molecule has 4 nitrogen and oxygen atoms in total. The molecule has 1 unspecified atom stereocenters. The Labute approximate surface area is 92.0 Å². The quantitative estimate of drug-likeness (QED) is 0.773. The first-order valence-electron chi connectivity index (χ1n) is 5.73. The van der Waals surface area contributed by atoms with Crippen LogP contribution in [0.4, 0.5) is 4.79 Å². The van der Waals surface area contributed by atoms with Gasteiger partial charge in [-0.1, -0.05) is 13.8 Å². The lowest BCUT2D eigenvalue weighted by Crippen LogP contribution is -2.38. The number of amides is 1. The number of nitrogens with one attached hydrogen (secondary N) is 1. The predicted molar refractivity (Wildman–Crippen MR) is 59.9 cm³/mol. The standard InChI is InChI=1S/C11H22N2O2/c1-9(2)12-7-6-10-5-4-8-13(10)11(14)15-3/h9-10,12H,4-8H2,1-3H3. The minimum atomic E-state index is -0.179. The van der Waals surface area contributed by atoms with Gasteiger partial charge >= 0.3 is 6.09 Å². The molecule has 1 atom stereocenters. The number of carbonyl (C=O) groups excluding carboxylic acids is 1. The number of nitrogens with zero attached hydrogens (tertiary/aromatic N) is 1. The Morgan fingerprint density at radius 2 is 2.33 bits per heavy atom. The van der Waals surface area contributed by atoms with E-state index in [0.717, 1.165) is 32.4 Å². The SMILES string of the molecule is COC(=O)N1CCCC1CCNC(C)C. The number of likely N-dealkylation sites (tertiary alicyclic amines) is 1. The molecule has 1 saturated heterocycles. The van der Waals surface area contributed by atoms with Gasteiger partial charge in [0.2, 0.25) is 0 Å². The third-order valence-corrected chi connectivity index (χ3v) is 2.82. The molecule has 1 amide bonds. The first kappa shape index (κ1) is 12.3. The van der Waals surface area contributed by atoms with Gasteiger partial charge in [-0.2, -0.15) is 0 Å². The van der Waals surface area contributed by atoms with Crippen molar-refractivity contribution in [2.45, 2.75) is 45.2 Å². The Bertz CT molecular complexity index is 207. The van der Waals surface area contributed by atoms with Crippen LogP contribution in [-0.2, 0) is 4.74 Å². The summed E-state index contributed by atoms with van der Waals surface area (Å²) in [5.41, 5.74) is 0. The summed E-state index contributed by atoms with van der Waals surface area (Å²) in [7, 11) is 1.45. The highest BCUT2D eigenvalue weighted by atomic mass is 16.5. The van der Waals surface area contributed by atoms with Crippen molar-refractivity contribution < 1.29 is 9.53 Å². The van der Waals surface area contributed by atoms with E-state index in [9.17, 15) is 4.79 Å². The lowest BCUT2D eigenvalue weighted by atomic mass is 10.1. The summed E-state index contributed by atoms with van der Waals surface area (Å²) in [5, 5.41) is 3.37. The number of hydrogen-bond acceptors (Lipinski definition) is 3. The highest BCUT2D eigenvalue weighted by Crippen LogP contribution is 2.20. The van der Waals surface area contributed by atoms with Crippen LogP contribution in [0.3, 0.4) is 0 Å². The average molecular weight is 214 g/mol. The molecule has 0 aromatic heterocycles. The molecule has 4 heteroatoms. The molecule has 1 heterocycles. The molecule has 0 aromatic carbocycles. The van der Waals surface area contributed by atoms with Crippen molar-refractivity contribution in [1.29, 1.82) is 0 Å². The zero-order chi connectivity index (χ0) is 11.3. The lowest BCUT2D eigenvalue weighted by Gasteiger charge is -2.23. The van der Waals surface area contributed by atoms with Crippen molar-refractivity contribution in [3.05, 3.63) is 0 Å². The summed E-state index contributed by atoms with van der Waals surface area (Å²) in [6, 6.07) is 0.877. The first-order valence-corrected chi connectivity index (χ1v) is 5.73. The molecule has 0 spiro atoms. The highest BCUT2D eigenvalue weighted by Gasteiger charge is 2.28. The topological polar surface area (TPSA) is 41.6 Å². The molecule has 1 N–H and O–H groups in total. The maximum Gasteiger partial charge on any atom is 0.409 e. The van der Waals surface area contributed by atoms with Crippen molar-refractivity contribution in [3.8, 4) is 0 Å². The number of hydrogen-bond donors (Lipinski definition) is 1. The van der Waals surface area contributed by atoms with Crippen LogP contribution in [0.5, 0.6) is 0 Å². The number of ether oxygens (including phenoxy) is 1. The highest BCUT2D eigenvalue weighted by molar-refractivity contribution is 5.68. The Kier molecular flexibility index (Phi) is 4.88. The molecule has 1 fully saturated rings. The molecule has 1 aliphatic rings. The van der Waals surface area contributed by atoms with Crippen molar-refractivity contribution >= 4 is 6.09 Å². The zero-order valence-corrected chi connectivity index (χ0v) is 9.95. The van der Waals surface area contributed by atoms with E-state index in [2.05, 4.69) is 19.2 Å². The average Bonchev–Trinajstić information content (AvgIpc) is 2.64. The van der Waals surface area contributed by atoms with Gasteiger partial charge in [0, 0.05) is 18.6 Å². The van der Waals surface area contributed by atoms with E-state index in [0.29, 0.717) is 12.1 Å². The molecule has 0 radical (unpaired) electrons. The van der Waals surface area contributed by atoms with Gasteiger partial charge in [0.1, 0.15) is 0 Å². The summed E-state index contributed by atoms with van der Waals surface area (Å²) in [6.07, 6.45) is 3.05. The summed E-state index contributed by atoms with van der Waals surface area (Å²) in [4.78, 5) is 13.3. The molecule has 0 aliphatic carbocycles. The van der Waals surface area contributed by atoms with Gasteiger partial charge < -0.3 is 15.0 Å². The van der Waals surface area contributed by atoms with Gasteiger partial charge in [-0.25, -0.2) is 4.79 Å². The normalized spacial score (nSPS) is 21.1. The fourth-order valence-electron chi connectivity index (χ4n) is 2.03. The molecule has 15 heavy (non-hydrogen) atoms. The van der Waals surface area contributed by atoms with E-state index in [-0.39, 0.29) is 6.09 Å². The second-order valence-corrected chi connectivity index (χ2v) is 4.36. The van der Waals surface area contributed by atoms with E-state index in [4.69, 9.17) is 4.74 Å². The van der Waals surface area contributed by atoms with Crippen LogP contribution < -0.4 is 5.32 Å². The van der Waals surface area contributed by atoms with Crippen molar-refractivity contribution in [2.24, 2.45) is 0 Å². The van der Waals surface area contributed by atoms with Crippen molar-refractivity contribution in [1.82, 2.24) is 10.2 Å². The van der Waals surface area contributed by atoms with Crippen LogP contribution in [0.25, 0.3) is 0 Å². The Hall–Kier alpha value is -0.770. The summed E-state index contributed by atoms with van der Waals surface area (Å²) >= 11 is 0. The van der Waals surface area contributed by atoms with E-state index in [1.54, 1.807) is 0 Å². The van der Waals surface area contributed by atoms with E-state index >= 15 is 0 Å². The van der Waals surface area contributed by atoms with Gasteiger partial charge in [0.25, 0.3) is 0 Å². The molecular weight excluding hydrogens is 192 g/mol.